The number of ketones is 1. The van der Waals surface area contributed by atoms with Gasteiger partial charge >= 0.3 is 5.97 Å². The first-order valence-electron chi connectivity index (χ1n) is 9.92. The van der Waals surface area contributed by atoms with Crippen molar-refractivity contribution in [2.75, 3.05) is 7.11 Å². The Morgan fingerprint density at radius 1 is 1.16 bits per heavy atom. The van der Waals surface area contributed by atoms with Gasteiger partial charge in [0.05, 0.1) is 12.7 Å². The monoisotopic (exact) mass is 445 g/mol. The van der Waals surface area contributed by atoms with E-state index in [0.29, 0.717) is 27.5 Å². The number of esters is 1. The Morgan fingerprint density at radius 3 is 2.75 bits per heavy atom. The number of methoxy groups -OCH3 is 1. The van der Waals surface area contributed by atoms with Crippen LogP contribution in [0.15, 0.2) is 59.8 Å². The van der Waals surface area contributed by atoms with Crippen molar-refractivity contribution in [3.63, 3.8) is 0 Å². The summed E-state index contributed by atoms with van der Waals surface area (Å²) in [5, 5.41) is 2.76. The van der Waals surface area contributed by atoms with Gasteiger partial charge in [-0.1, -0.05) is 6.07 Å². The van der Waals surface area contributed by atoms with Gasteiger partial charge in [-0.05, 0) is 54.3 Å². The number of fused-ring (bicyclic) bond motifs is 2. The minimum absolute atomic E-state index is 0.200. The van der Waals surface area contributed by atoms with Crippen molar-refractivity contribution in [2.24, 2.45) is 7.05 Å². The molecule has 0 aliphatic carbocycles. The van der Waals surface area contributed by atoms with Gasteiger partial charge in [0.1, 0.15) is 22.1 Å². The summed E-state index contributed by atoms with van der Waals surface area (Å²) in [6.45, 7) is 1.80. The summed E-state index contributed by atoms with van der Waals surface area (Å²) in [4.78, 5) is 25.9. The number of allylic oxidation sites excluding steroid dienone is 1. The third-order valence-electron chi connectivity index (χ3n) is 5.39. The van der Waals surface area contributed by atoms with Gasteiger partial charge in [0, 0.05) is 35.8 Å². The standard InChI is InChI=1S/C25H19NO5S/c1-14-9-17(30-25(28)22-5-4-8-32-22)12-20-23(14)24(27)21(31-20)10-15-13-26(2)19-7-6-16(29-3)11-18(15)19/h4-13H,1-3H3/b21-10-. The van der Waals surface area contributed by atoms with E-state index >= 15 is 0 Å². The smallest absolute Gasteiger partial charge is 0.353 e. The van der Waals surface area contributed by atoms with Crippen LogP contribution < -0.4 is 14.2 Å². The van der Waals surface area contributed by atoms with Crippen LogP contribution in [0, 0.1) is 6.92 Å². The predicted molar refractivity (Wildman–Crippen MR) is 123 cm³/mol. The summed E-state index contributed by atoms with van der Waals surface area (Å²) in [6.07, 6.45) is 3.68. The Labute approximate surface area is 188 Å². The number of carbonyl (C=O) groups excluding carboxylic acids is 2. The summed E-state index contributed by atoms with van der Waals surface area (Å²) in [7, 11) is 3.56. The Hall–Kier alpha value is -3.84. The van der Waals surface area contributed by atoms with E-state index in [0.717, 1.165) is 22.2 Å². The molecule has 7 heteroatoms. The van der Waals surface area contributed by atoms with E-state index in [-0.39, 0.29) is 11.5 Å². The number of benzene rings is 2. The molecule has 32 heavy (non-hydrogen) atoms. The lowest BCUT2D eigenvalue weighted by Gasteiger charge is -2.06. The highest BCUT2D eigenvalue weighted by molar-refractivity contribution is 7.12. The van der Waals surface area contributed by atoms with Crippen LogP contribution >= 0.6 is 11.3 Å². The number of carbonyl (C=O) groups is 2. The van der Waals surface area contributed by atoms with E-state index in [4.69, 9.17) is 14.2 Å². The van der Waals surface area contributed by atoms with Crippen molar-refractivity contribution in [3.05, 3.63) is 81.4 Å². The van der Waals surface area contributed by atoms with E-state index < -0.39 is 5.97 Å². The van der Waals surface area contributed by atoms with E-state index in [2.05, 4.69) is 0 Å². The molecule has 0 N–H and O–H groups in total. The van der Waals surface area contributed by atoms with Crippen LogP contribution in [-0.4, -0.2) is 23.4 Å². The van der Waals surface area contributed by atoms with Gasteiger partial charge in [-0.25, -0.2) is 4.79 Å². The second kappa shape index (κ2) is 7.69. The lowest BCUT2D eigenvalue weighted by atomic mass is 10.0. The van der Waals surface area contributed by atoms with E-state index in [1.807, 2.05) is 41.4 Å². The molecule has 4 aromatic rings. The van der Waals surface area contributed by atoms with Crippen molar-refractivity contribution < 1.29 is 23.8 Å². The third-order valence-corrected chi connectivity index (χ3v) is 6.24. The van der Waals surface area contributed by atoms with Crippen molar-refractivity contribution in [1.82, 2.24) is 4.57 Å². The first-order valence-corrected chi connectivity index (χ1v) is 10.8. The lowest BCUT2D eigenvalue weighted by Crippen LogP contribution is -2.06. The number of ether oxygens (including phenoxy) is 3. The van der Waals surface area contributed by atoms with Gasteiger partial charge in [0.25, 0.3) is 0 Å². The normalized spacial score (nSPS) is 14.0. The summed E-state index contributed by atoms with van der Waals surface area (Å²) >= 11 is 1.31. The molecular weight excluding hydrogens is 426 g/mol. The molecule has 0 spiro atoms. The van der Waals surface area contributed by atoms with Gasteiger partial charge in [-0.2, -0.15) is 0 Å². The maximum atomic E-state index is 13.1. The van der Waals surface area contributed by atoms with Crippen molar-refractivity contribution >= 4 is 40.1 Å². The SMILES string of the molecule is COc1ccc2c(c1)c(/C=C1\Oc3cc(OC(=O)c4cccs4)cc(C)c3C1=O)cn2C. The van der Waals surface area contributed by atoms with Gasteiger partial charge in [-0.3, -0.25) is 4.79 Å². The average molecular weight is 445 g/mol. The minimum atomic E-state index is -0.441. The zero-order chi connectivity index (χ0) is 22.4. The highest BCUT2D eigenvalue weighted by Crippen LogP contribution is 2.38. The maximum Gasteiger partial charge on any atom is 0.353 e. The van der Waals surface area contributed by atoms with E-state index in [9.17, 15) is 9.59 Å². The van der Waals surface area contributed by atoms with Crippen LogP contribution in [0.2, 0.25) is 0 Å². The summed E-state index contributed by atoms with van der Waals surface area (Å²) < 4.78 is 18.7. The Balaban J connectivity index is 1.49. The number of Topliss-reactive ketones (excluding diaryl/α,β-unsaturated/α-hetero) is 1. The molecule has 160 valence electrons. The first-order chi connectivity index (χ1) is 15.4. The molecule has 0 fully saturated rings. The second-order valence-electron chi connectivity index (χ2n) is 7.50. The fraction of sp³-hybridized carbons (Fsp3) is 0.120. The molecule has 0 saturated heterocycles. The third kappa shape index (κ3) is 3.36. The molecule has 0 radical (unpaired) electrons. The summed E-state index contributed by atoms with van der Waals surface area (Å²) in [6, 6.07) is 12.6. The largest absolute Gasteiger partial charge is 0.497 e. The van der Waals surface area contributed by atoms with Gasteiger partial charge < -0.3 is 18.8 Å². The van der Waals surface area contributed by atoms with Gasteiger partial charge in [0.2, 0.25) is 5.78 Å². The van der Waals surface area contributed by atoms with E-state index in [1.54, 1.807) is 44.4 Å². The predicted octanol–water partition coefficient (Wildman–Crippen LogP) is 5.39. The molecule has 0 saturated carbocycles. The highest BCUT2D eigenvalue weighted by atomic mass is 32.1. The number of aromatic nitrogens is 1. The Morgan fingerprint density at radius 2 is 2.00 bits per heavy atom. The first kappa shape index (κ1) is 20.1. The number of rotatable bonds is 4. The zero-order valence-corrected chi connectivity index (χ0v) is 18.5. The average Bonchev–Trinajstić information content (AvgIpc) is 3.48. The second-order valence-corrected chi connectivity index (χ2v) is 8.45. The van der Waals surface area contributed by atoms with Crippen molar-refractivity contribution in [3.8, 4) is 17.2 Å². The molecule has 2 aromatic carbocycles. The fourth-order valence-electron chi connectivity index (χ4n) is 3.87. The van der Waals surface area contributed by atoms with Crippen LogP contribution in [-0.2, 0) is 7.05 Å². The van der Waals surface area contributed by atoms with Gasteiger partial charge in [-0.15, -0.1) is 11.3 Å². The fourth-order valence-corrected chi connectivity index (χ4v) is 4.47. The molecule has 0 bridgehead atoms. The number of thiophene rings is 1. The highest BCUT2D eigenvalue weighted by Gasteiger charge is 2.30. The number of aryl methyl sites for hydroxylation is 2. The van der Waals surface area contributed by atoms with Crippen LogP contribution in [0.4, 0.5) is 0 Å². The molecular formula is C25H19NO5S. The molecule has 0 unspecified atom stereocenters. The molecule has 0 atom stereocenters. The van der Waals surface area contributed by atoms with Crippen LogP contribution in [0.1, 0.15) is 31.2 Å². The molecule has 5 rings (SSSR count). The molecule has 0 amide bonds. The topological polar surface area (TPSA) is 66.8 Å². The summed E-state index contributed by atoms with van der Waals surface area (Å²) in [5.41, 5.74) is 3.02. The van der Waals surface area contributed by atoms with Crippen LogP contribution in [0.3, 0.4) is 0 Å². The minimum Gasteiger partial charge on any atom is -0.497 e. The Kier molecular flexibility index (Phi) is 4.83. The zero-order valence-electron chi connectivity index (χ0n) is 17.7. The summed E-state index contributed by atoms with van der Waals surface area (Å²) in [5.74, 6) is 1.04. The number of hydrogen-bond acceptors (Lipinski definition) is 6. The van der Waals surface area contributed by atoms with Crippen molar-refractivity contribution in [2.45, 2.75) is 6.92 Å². The van der Waals surface area contributed by atoms with Crippen LogP contribution in [0.25, 0.3) is 17.0 Å². The Bertz CT molecular complexity index is 1410. The van der Waals surface area contributed by atoms with Gasteiger partial charge in [0.15, 0.2) is 5.76 Å². The number of nitrogens with zero attached hydrogens (tertiary/aromatic N) is 1. The number of hydrogen-bond donors (Lipinski definition) is 0. The molecule has 1 aliphatic heterocycles. The molecule has 3 heterocycles. The van der Waals surface area contributed by atoms with Crippen LogP contribution in [0.5, 0.6) is 17.2 Å². The molecule has 6 nitrogen and oxygen atoms in total. The molecule has 1 aliphatic rings. The van der Waals surface area contributed by atoms with E-state index in [1.165, 1.54) is 11.3 Å². The van der Waals surface area contributed by atoms with Crippen molar-refractivity contribution in [1.29, 1.82) is 0 Å². The molecule has 2 aromatic heterocycles. The quantitative estimate of drug-likeness (QED) is 0.239. The lowest BCUT2D eigenvalue weighted by molar-refractivity contribution is 0.0739. The maximum absolute atomic E-state index is 13.1.